The van der Waals surface area contributed by atoms with Crippen LogP contribution in [0.25, 0.3) is 0 Å². The van der Waals surface area contributed by atoms with E-state index in [1.54, 1.807) is 31.2 Å². The van der Waals surface area contributed by atoms with Gasteiger partial charge in [0.1, 0.15) is 17.5 Å². The van der Waals surface area contributed by atoms with Crippen LogP contribution in [0.5, 0.6) is 5.75 Å². The van der Waals surface area contributed by atoms with Crippen molar-refractivity contribution in [3.05, 3.63) is 30.3 Å². The average Bonchev–Trinajstić information content (AvgIpc) is 3.15. The predicted molar refractivity (Wildman–Crippen MR) is 63.6 cm³/mol. The van der Waals surface area contributed by atoms with Gasteiger partial charge in [0.25, 0.3) is 0 Å². The highest BCUT2D eigenvalue weighted by Crippen LogP contribution is 2.38. The van der Waals surface area contributed by atoms with Gasteiger partial charge in [-0.2, -0.15) is 0 Å². The van der Waals surface area contributed by atoms with Crippen LogP contribution in [0.1, 0.15) is 26.2 Å². The van der Waals surface area contributed by atoms with Gasteiger partial charge < -0.3 is 4.74 Å². The van der Waals surface area contributed by atoms with Gasteiger partial charge in [0.05, 0.1) is 0 Å². The summed E-state index contributed by atoms with van der Waals surface area (Å²) < 4.78 is 5.24. The van der Waals surface area contributed by atoms with E-state index in [0.717, 1.165) is 12.8 Å². The maximum atomic E-state index is 12.0. The number of ketones is 1. The lowest BCUT2D eigenvalue weighted by Crippen LogP contribution is -2.29. The second kappa shape index (κ2) is 5.13. The largest absolute Gasteiger partial charge is 0.426 e. The summed E-state index contributed by atoms with van der Waals surface area (Å²) in [6.45, 7) is 1.79. The van der Waals surface area contributed by atoms with Crippen LogP contribution in [0.15, 0.2) is 30.3 Å². The topological polar surface area (TPSA) is 43.4 Å². The van der Waals surface area contributed by atoms with Gasteiger partial charge in [-0.1, -0.05) is 25.1 Å². The fourth-order valence-corrected chi connectivity index (χ4v) is 1.90. The van der Waals surface area contributed by atoms with Crippen LogP contribution in [0, 0.1) is 11.8 Å². The molecule has 1 aliphatic carbocycles. The van der Waals surface area contributed by atoms with Crippen molar-refractivity contribution in [1.29, 1.82) is 0 Å². The van der Waals surface area contributed by atoms with E-state index in [4.69, 9.17) is 4.74 Å². The molecule has 1 atom stereocenters. The van der Waals surface area contributed by atoms with E-state index in [1.165, 1.54) is 0 Å². The first-order chi connectivity index (χ1) is 8.22. The number of benzene rings is 1. The second-order valence-corrected chi connectivity index (χ2v) is 4.37. The molecule has 3 heteroatoms. The Bertz CT molecular complexity index is 407. The lowest BCUT2D eigenvalue weighted by Gasteiger charge is -2.13. The van der Waals surface area contributed by atoms with Gasteiger partial charge in [0.2, 0.25) is 0 Å². The summed E-state index contributed by atoms with van der Waals surface area (Å²) in [5.74, 6) is -0.245. The van der Waals surface area contributed by atoms with Gasteiger partial charge in [-0.15, -0.1) is 0 Å². The van der Waals surface area contributed by atoms with Crippen LogP contribution in [-0.4, -0.2) is 11.8 Å². The SMILES string of the molecule is CCC(=O)C(C(=O)Oc1ccccc1)C1CC1. The summed E-state index contributed by atoms with van der Waals surface area (Å²) in [6, 6.07) is 8.90. The minimum Gasteiger partial charge on any atom is -0.426 e. The van der Waals surface area contributed by atoms with Crippen LogP contribution in [0.3, 0.4) is 0 Å². The number of hydrogen-bond donors (Lipinski definition) is 0. The van der Waals surface area contributed by atoms with E-state index < -0.39 is 11.9 Å². The van der Waals surface area contributed by atoms with Crippen molar-refractivity contribution in [3.8, 4) is 5.75 Å². The maximum absolute atomic E-state index is 12.0. The van der Waals surface area contributed by atoms with E-state index in [-0.39, 0.29) is 11.7 Å². The molecule has 0 radical (unpaired) electrons. The van der Waals surface area contributed by atoms with E-state index in [9.17, 15) is 9.59 Å². The molecule has 1 unspecified atom stereocenters. The zero-order chi connectivity index (χ0) is 12.3. The third-order valence-corrected chi connectivity index (χ3v) is 3.00. The molecule has 0 N–H and O–H groups in total. The van der Waals surface area contributed by atoms with Gasteiger partial charge in [0.15, 0.2) is 0 Å². The number of carbonyl (C=O) groups is 2. The van der Waals surface area contributed by atoms with Crippen molar-refractivity contribution in [2.75, 3.05) is 0 Å². The minimum atomic E-state index is -0.555. The Morgan fingerprint density at radius 2 is 1.94 bits per heavy atom. The molecule has 0 aliphatic heterocycles. The molecule has 1 saturated carbocycles. The monoisotopic (exact) mass is 232 g/mol. The van der Waals surface area contributed by atoms with E-state index in [1.807, 2.05) is 6.07 Å². The van der Waals surface area contributed by atoms with Crippen LogP contribution >= 0.6 is 0 Å². The predicted octanol–water partition coefficient (Wildman–Crippen LogP) is 2.60. The summed E-state index contributed by atoms with van der Waals surface area (Å²) in [5.41, 5.74) is 0. The fraction of sp³-hybridized carbons (Fsp3) is 0.429. The summed E-state index contributed by atoms with van der Waals surface area (Å²) in [6.07, 6.45) is 2.31. The Labute approximate surface area is 101 Å². The molecule has 1 aromatic rings. The van der Waals surface area contributed by atoms with Gasteiger partial charge in [-0.05, 0) is 30.9 Å². The summed E-state index contributed by atoms with van der Waals surface area (Å²) in [5, 5.41) is 0. The first-order valence-corrected chi connectivity index (χ1v) is 6.02. The van der Waals surface area contributed by atoms with Crippen LogP contribution < -0.4 is 4.74 Å². The third kappa shape index (κ3) is 2.93. The Balaban J connectivity index is 2.04. The highest BCUT2D eigenvalue weighted by atomic mass is 16.5. The number of para-hydroxylation sites is 1. The maximum Gasteiger partial charge on any atom is 0.322 e. The fourth-order valence-electron chi connectivity index (χ4n) is 1.90. The van der Waals surface area contributed by atoms with Crippen LogP contribution in [-0.2, 0) is 9.59 Å². The van der Waals surface area contributed by atoms with Crippen molar-refractivity contribution in [3.63, 3.8) is 0 Å². The average molecular weight is 232 g/mol. The normalized spacial score (nSPS) is 16.3. The van der Waals surface area contributed by atoms with Gasteiger partial charge in [-0.25, -0.2) is 0 Å². The van der Waals surface area contributed by atoms with Gasteiger partial charge in [-0.3, -0.25) is 9.59 Å². The molecule has 17 heavy (non-hydrogen) atoms. The first kappa shape index (κ1) is 11.8. The first-order valence-electron chi connectivity index (χ1n) is 6.02. The van der Waals surface area contributed by atoms with Gasteiger partial charge in [0, 0.05) is 6.42 Å². The molecule has 1 aliphatic rings. The Morgan fingerprint density at radius 3 is 2.47 bits per heavy atom. The Hall–Kier alpha value is -1.64. The number of carbonyl (C=O) groups excluding carboxylic acids is 2. The molecule has 0 saturated heterocycles. The van der Waals surface area contributed by atoms with Crippen LogP contribution in [0.2, 0.25) is 0 Å². The number of Topliss-reactive ketones (excluding diaryl/α,β-unsaturated/α-hetero) is 1. The van der Waals surface area contributed by atoms with Crippen molar-refractivity contribution in [1.82, 2.24) is 0 Å². The Morgan fingerprint density at radius 1 is 1.29 bits per heavy atom. The van der Waals surface area contributed by atoms with Crippen molar-refractivity contribution >= 4 is 11.8 Å². The molecule has 3 nitrogen and oxygen atoms in total. The van der Waals surface area contributed by atoms with Crippen molar-refractivity contribution < 1.29 is 14.3 Å². The standard InChI is InChI=1S/C14H16O3/c1-2-12(15)13(10-8-9-10)14(16)17-11-6-4-3-5-7-11/h3-7,10,13H,2,8-9H2,1H3. The molecule has 0 spiro atoms. The lowest BCUT2D eigenvalue weighted by atomic mass is 9.97. The van der Waals surface area contributed by atoms with Crippen molar-refractivity contribution in [2.24, 2.45) is 11.8 Å². The highest BCUT2D eigenvalue weighted by molar-refractivity contribution is 6.00. The molecule has 90 valence electrons. The number of esters is 1. The molecule has 0 heterocycles. The number of rotatable bonds is 5. The molecule has 0 amide bonds. The Kier molecular flexibility index (Phi) is 3.57. The summed E-state index contributed by atoms with van der Waals surface area (Å²) in [4.78, 5) is 23.7. The van der Waals surface area contributed by atoms with Crippen LogP contribution in [0.4, 0.5) is 0 Å². The molecular weight excluding hydrogens is 216 g/mol. The van der Waals surface area contributed by atoms with Gasteiger partial charge >= 0.3 is 5.97 Å². The summed E-state index contributed by atoms with van der Waals surface area (Å²) in [7, 11) is 0. The lowest BCUT2D eigenvalue weighted by molar-refractivity contribution is -0.144. The molecule has 0 aromatic heterocycles. The zero-order valence-corrected chi connectivity index (χ0v) is 9.89. The number of ether oxygens (including phenoxy) is 1. The molecule has 2 rings (SSSR count). The van der Waals surface area contributed by atoms with E-state index in [2.05, 4.69) is 0 Å². The molecule has 1 aromatic carbocycles. The highest BCUT2D eigenvalue weighted by Gasteiger charge is 2.41. The van der Waals surface area contributed by atoms with E-state index >= 15 is 0 Å². The summed E-state index contributed by atoms with van der Waals surface area (Å²) >= 11 is 0. The van der Waals surface area contributed by atoms with E-state index in [0.29, 0.717) is 12.2 Å². The number of hydrogen-bond acceptors (Lipinski definition) is 3. The molecule has 0 bridgehead atoms. The second-order valence-electron chi connectivity index (χ2n) is 4.37. The van der Waals surface area contributed by atoms with Crippen molar-refractivity contribution in [2.45, 2.75) is 26.2 Å². The third-order valence-electron chi connectivity index (χ3n) is 3.00. The molecular formula is C14H16O3. The molecule has 1 fully saturated rings. The minimum absolute atomic E-state index is 0.00608. The smallest absolute Gasteiger partial charge is 0.322 e. The zero-order valence-electron chi connectivity index (χ0n) is 9.89. The quantitative estimate of drug-likeness (QED) is 0.445.